The maximum atomic E-state index is 5.84. The molecule has 2 aromatic heterocycles. The van der Waals surface area contributed by atoms with Crippen molar-refractivity contribution >= 4 is 27.4 Å². The largest absolute Gasteiger partial charge is 0.371 e. The third kappa shape index (κ3) is 3.71. The smallest absolute Gasteiger partial charge is 0.158 e. The zero-order chi connectivity index (χ0) is 15.4. The highest BCUT2D eigenvalue weighted by molar-refractivity contribution is 7.18. The molecule has 116 valence electrons. The number of aryl methyl sites for hydroxylation is 2. The fraction of sp³-hybridized carbons (Fsp3) is 0.625. The third-order valence-corrected chi connectivity index (χ3v) is 4.71. The molecule has 0 saturated heterocycles. The second-order valence-electron chi connectivity index (χ2n) is 5.39. The molecule has 4 nitrogen and oxygen atoms in total. The Balaban J connectivity index is 2.29. The van der Waals surface area contributed by atoms with E-state index < -0.39 is 0 Å². The van der Waals surface area contributed by atoms with Crippen LogP contribution in [0.15, 0.2) is 0 Å². The van der Waals surface area contributed by atoms with Gasteiger partial charge < -0.3 is 10.1 Å². The predicted octanol–water partition coefficient (Wildman–Crippen LogP) is 4.45. The Bertz CT molecular complexity index is 609. The number of aromatic nitrogens is 2. The number of nitrogens with one attached hydrogen (secondary N) is 1. The molecule has 0 aromatic carbocycles. The van der Waals surface area contributed by atoms with Crippen LogP contribution in [-0.2, 0) is 11.3 Å². The van der Waals surface area contributed by atoms with Crippen molar-refractivity contribution in [2.75, 3.05) is 11.9 Å². The summed E-state index contributed by atoms with van der Waals surface area (Å²) in [6.07, 6.45) is 2.45. The van der Waals surface area contributed by atoms with Gasteiger partial charge in [-0.3, -0.25) is 0 Å². The molecule has 1 atom stereocenters. The first-order valence-electron chi connectivity index (χ1n) is 7.68. The number of nitrogens with zero attached hydrogens (tertiary/aromatic N) is 2. The highest BCUT2D eigenvalue weighted by Crippen LogP contribution is 2.33. The Hall–Kier alpha value is -1.20. The van der Waals surface area contributed by atoms with Gasteiger partial charge in [-0.15, -0.1) is 11.3 Å². The number of thiophene rings is 1. The van der Waals surface area contributed by atoms with Gasteiger partial charge in [0.2, 0.25) is 0 Å². The Kier molecular flexibility index (Phi) is 5.53. The number of ether oxygens (including phenoxy) is 1. The minimum absolute atomic E-state index is 0.253. The van der Waals surface area contributed by atoms with Crippen molar-refractivity contribution in [2.24, 2.45) is 0 Å². The maximum Gasteiger partial charge on any atom is 0.158 e. The lowest BCUT2D eigenvalue weighted by Gasteiger charge is -2.12. The molecule has 21 heavy (non-hydrogen) atoms. The fourth-order valence-electron chi connectivity index (χ4n) is 2.36. The summed E-state index contributed by atoms with van der Waals surface area (Å²) in [4.78, 5) is 11.7. The van der Waals surface area contributed by atoms with Crippen LogP contribution in [0.25, 0.3) is 10.2 Å². The van der Waals surface area contributed by atoms with E-state index in [4.69, 9.17) is 4.74 Å². The van der Waals surface area contributed by atoms with Gasteiger partial charge in [-0.25, -0.2) is 9.97 Å². The molecular weight excluding hydrogens is 282 g/mol. The summed E-state index contributed by atoms with van der Waals surface area (Å²) in [5.41, 5.74) is 1.28. The topological polar surface area (TPSA) is 47.0 Å². The molecule has 1 unspecified atom stereocenters. The Labute approximate surface area is 131 Å². The molecule has 0 aliphatic carbocycles. The van der Waals surface area contributed by atoms with E-state index in [0.717, 1.165) is 41.2 Å². The average Bonchev–Trinajstić information content (AvgIpc) is 2.73. The second kappa shape index (κ2) is 7.18. The number of hydrogen-bond acceptors (Lipinski definition) is 5. The van der Waals surface area contributed by atoms with Gasteiger partial charge in [0.15, 0.2) is 5.82 Å². The van der Waals surface area contributed by atoms with E-state index in [-0.39, 0.29) is 6.10 Å². The van der Waals surface area contributed by atoms with Gasteiger partial charge in [0.1, 0.15) is 17.3 Å². The quantitative estimate of drug-likeness (QED) is 0.821. The first-order valence-corrected chi connectivity index (χ1v) is 8.50. The molecule has 2 rings (SSSR count). The van der Waals surface area contributed by atoms with Crippen LogP contribution < -0.4 is 5.32 Å². The lowest BCUT2D eigenvalue weighted by atomic mass is 10.2. The van der Waals surface area contributed by atoms with E-state index in [1.165, 1.54) is 10.4 Å². The standard InChI is InChI=1S/C16H25N3OS/c1-6-8-10(3)20-9-13-18-15(17-7-2)14-11(4)12(5)21-16(14)19-13/h10H,6-9H2,1-5H3,(H,17,18,19). The molecule has 0 aliphatic rings. The molecular formula is C16H25N3OS. The molecule has 0 spiro atoms. The van der Waals surface area contributed by atoms with Crippen LogP contribution in [0.5, 0.6) is 0 Å². The Morgan fingerprint density at radius 1 is 1.24 bits per heavy atom. The summed E-state index contributed by atoms with van der Waals surface area (Å²) in [5.74, 6) is 1.70. The maximum absolute atomic E-state index is 5.84. The third-order valence-electron chi connectivity index (χ3n) is 3.61. The van der Waals surface area contributed by atoms with E-state index in [1.54, 1.807) is 11.3 Å². The van der Waals surface area contributed by atoms with Gasteiger partial charge in [0, 0.05) is 11.4 Å². The first-order chi connectivity index (χ1) is 10.1. The number of rotatable bonds is 7. The van der Waals surface area contributed by atoms with Crippen LogP contribution >= 0.6 is 11.3 Å². The Morgan fingerprint density at radius 3 is 2.67 bits per heavy atom. The molecule has 0 fully saturated rings. The highest BCUT2D eigenvalue weighted by Gasteiger charge is 2.14. The fourth-order valence-corrected chi connectivity index (χ4v) is 3.41. The molecule has 0 aliphatic heterocycles. The van der Waals surface area contributed by atoms with E-state index in [9.17, 15) is 0 Å². The summed E-state index contributed by atoms with van der Waals surface area (Å²) in [6.45, 7) is 12.0. The summed E-state index contributed by atoms with van der Waals surface area (Å²) in [5, 5.41) is 4.52. The number of anilines is 1. The predicted molar refractivity (Wildman–Crippen MR) is 90.2 cm³/mol. The second-order valence-corrected chi connectivity index (χ2v) is 6.60. The van der Waals surface area contributed by atoms with Crippen molar-refractivity contribution < 1.29 is 4.74 Å². The van der Waals surface area contributed by atoms with E-state index in [0.29, 0.717) is 6.61 Å². The average molecular weight is 307 g/mol. The summed E-state index contributed by atoms with van der Waals surface area (Å²) in [7, 11) is 0. The molecule has 5 heteroatoms. The zero-order valence-corrected chi connectivity index (χ0v) is 14.4. The van der Waals surface area contributed by atoms with Crippen molar-refractivity contribution in [1.29, 1.82) is 0 Å². The monoisotopic (exact) mass is 307 g/mol. The van der Waals surface area contributed by atoms with Crippen LogP contribution in [-0.4, -0.2) is 22.6 Å². The minimum Gasteiger partial charge on any atom is -0.371 e. The normalized spacial score (nSPS) is 12.8. The molecule has 2 heterocycles. The Morgan fingerprint density at radius 2 is 2.00 bits per heavy atom. The highest BCUT2D eigenvalue weighted by atomic mass is 32.1. The van der Waals surface area contributed by atoms with Crippen molar-refractivity contribution in [1.82, 2.24) is 9.97 Å². The van der Waals surface area contributed by atoms with Crippen LogP contribution in [0.1, 0.15) is 49.9 Å². The molecule has 0 saturated carbocycles. The van der Waals surface area contributed by atoms with Gasteiger partial charge in [-0.1, -0.05) is 13.3 Å². The van der Waals surface area contributed by atoms with Gasteiger partial charge >= 0.3 is 0 Å². The van der Waals surface area contributed by atoms with E-state index >= 15 is 0 Å². The van der Waals surface area contributed by atoms with Crippen molar-refractivity contribution in [3.8, 4) is 0 Å². The van der Waals surface area contributed by atoms with Crippen molar-refractivity contribution in [2.45, 2.75) is 60.2 Å². The molecule has 0 radical (unpaired) electrons. The molecule has 1 N–H and O–H groups in total. The molecule has 2 aromatic rings. The first kappa shape index (κ1) is 16.2. The number of fused-ring (bicyclic) bond motifs is 1. The molecule has 0 bridgehead atoms. The van der Waals surface area contributed by atoms with Crippen LogP contribution in [0.2, 0.25) is 0 Å². The van der Waals surface area contributed by atoms with Gasteiger partial charge in [-0.05, 0) is 39.7 Å². The van der Waals surface area contributed by atoms with Crippen LogP contribution in [0, 0.1) is 13.8 Å². The number of hydrogen-bond donors (Lipinski definition) is 1. The van der Waals surface area contributed by atoms with Gasteiger partial charge in [0.05, 0.1) is 11.5 Å². The van der Waals surface area contributed by atoms with Crippen molar-refractivity contribution in [3.05, 3.63) is 16.3 Å². The van der Waals surface area contributed by atoms with Crippen LogP contribution in [0.3, 0.4) is 0 Å². The van der Waals surface area contributed by atoms with E-state index in [2.05, 4.69) is 49.9 Å². The SMILES string of the molecule is CCCC(C)OCc1nc(NCC)c2c(C)c(C)sc2n1. The molecule has 0 amide bonds. The van der Waals surface area contributed by atoms with Gasteiger partial charge in [-0.2, -0.15) is 0 Å². The van der Waals surface area contributed by atoms with E-state index in [1.807, 2.05) is 0 Å². The summed E-state index contributed by atoms with van der Waals surface area (Å²) < 4.78 is 5.84. The lowest BCUT2D eigenvalue weighted by Crippen LogP contribution is -2.10. The lowest BCUT2D eigenvalue weighted by molar-refractivity contribution is 0.0434. The minimum atomic E-state index is 0.253. The van der Waals surface area contributed by atoms with Crippen molar-refractivity contribution in [3.63, 3.8) is 0 Å². The van der Waals surface area contributed by atoms with Crippen LogP contribution in [0.4, 0.5) is 5.82 Å². The summed E-state index contributed by atoms with van der Waals surface area (Å²) >= 11 is 1.73. The zero-order valence-electron chi connectivity index (χ0n) is 13.6. The van der Waals surface area contributed by atoms with Gasteiger partial charge in [0.25, 0.3) is 0 Å². The summed E-state index contributed by atoms with van der Waals surface area (Å²) in [6, 6.07) is 0.